The van der Waals surface area contributed by atoms with Crippen molar-refractivity contribution >= 4 is 16.8 Å². The number of furan rings is 1. The van der Waals surface area contributed by atoms with Gasteiger partial charge in [-0.25, -0.2) is 4.39 Å². The Morgan fingerprint density at radius 3 is 2.95 bits per heavy atom. The van der Waals surface area contributed by atoms with Crippen LogP contribution in [0.25, 0.3) is 11.0 Å². The molecular formula is C15H13FN2O2. The topological polar surface area (TPSA) is 48.0 Å². The summed E-state index contributed by atoms with van der Waals surface area (Å²) < 4.78 is 20.5. The molecule has 0 fully saturated rings. The Bertz CT molecular complexity index is 801. The standard InChI is InChI=1S/C15H13FN2O2/c1-3-18-12(6-7-17-18)14(19)15-9(2)11-8-10(16)4-5-13(11)20-15/h4-8H,3H2,1-2H3. The number of ketones is 1. The summed E-state index contributed by atoms with van der Waals surface area (Å²) in [7, 11) is 0. The summed E-state index contributed by atoms with van der Waals surface area (Å²) in [5.41, 5.74) is 1.62. The molecule has 0 radical (unpaired) electrons. The third-order valence-electron chi connectivity index (χ3n) is 3.35. The number of carbonyl (C=O) groups excluding carboxylic acids is 1. The highest BCUT2D eigenvalue weighted by atomic mass is 19.1. The van der Waals surface area contributed by atoms with Gasteiger partial charge in [0.25, 0.3) is 0 Å². The van der Waals surface area contributed by atoms with Crippen molar-refractivity contribution in [1.82, 2.24) is 9.78 Å². The average Bonchev–Trinajstić information content (AvgIpc) is 3.03. The van der Waals surface area contributed by atoms with Crippen molar-refractivity contribution in [3.8, 4) is 0 Å². The van der Waals surface area contributed by atoms with Gasteiger partial charge in [-0.1, -0.05) is 0 Å². The zero-order valence-corrected chi connectivity index (χ0v) is 11.2. The van der Waals surface area contributed by atoms with E-state index in [4.69, 9.17) is 4.42 Å². The zero-order chi connectivity index (χ0) is 14.3. The van der Waals surface area contributed by atoms with Gasteiger partial charge >= 0.3 is 0 Å². The fraction of sp³-hybridized carbons (Fsp3) is 0.200. The first kappa shape index (κ1) is 12.6. The van der Waals surface area contributed by atoms with Gasteiger partial charge in [-0.05, 0) is 38.1 Å². The van der Waals surface area contributed by atoms with Crippen LogP contribution in [-0.2, 0) is 6.54 Å². The Hall–Kier alpha value is -2.43. The number of aromatic nitrogens is 2. The van der Waals surface area contributed by atoms with E-state index in [1.54, 1.807) is 23.9 Å². The van der Waals surface area contributed by atoms with Gasteiger partial charge in [-0.15, -0.1) is 0 Å². The van der Waals surface area contributed by atoms with Gasteiger partial charge in [0.1, 0.15) is 17.1 Å². The van der Waals surface area contributed by atoms with Crippen LogP contribution in [0.2, 0.25) is 0 Å². The van der Waals surface area contributed by atoms with Crippen LogP contribution in [-0.4, -0.2) is 15.6 Å². The first-order chi connectivity index (χ1) is 9.61. The van der Waals surface area contributed by atoms with Crippen LogP contribution in [0.1, 0.15) is 28.7 Å². The maximum absolute atomic E-state index is 13.3. The number of rotatable bonds is 3. The lowest BCUT2D eigenvalue weighted by Gasteiger charge is -2.02. The van der Waals surface area contributed by atoms with Crippen LogP contribution in [0.4, 0.5) is 4.39 Å². The van der Waals surface area contributed by atoms with E-state index in [9.17, 15) is 9.18 Å². The molecule has 20 heavy (non-hydrogen) atoms. The van der Waals surface area contributed by atoms with E-state index in [1.165, 1.54) is 18.2 Å². The van der Waals surface area contributed by atoms with Crippen LogP contribution in [0.5, 0.6) is 0 Å². The van der Waals surface area contributed by atoms with Gasteiger partial charge in [0, 0.05) is 23.7 Å². The Labute approximate surface area is 114 Å². The molecule has 4 nitrogen and oxygen atoms in total. The molecule has 0 unspecified atom stereocenters. The minimum absolute atomic E-state index is 0.237. The Kier molecular flexibility index (Phi) is 2.89. The van der Waals surface area contributed by atoms with E-state index >= 15 is 0 Å². The van der Waals surface area contributed by atoms with E-state index in [0.29, 0.717) is 28.8 Å². The Morgan fingerprint density at radius 1 is 1.40 bits per heavy atom. The molecule has 3 rings (SSSR count). The van der Waals surface area contributed by atoms with E-state index in [1.807, 2.05) is 6.92 Å². The number of hydrogen-bond acceptors (Lipinski definition) is 3. The summed E-state index contributed by atoms with van der Waals surface area (Å²) in [5.74, 6) is -0.349. The van der Waals surface area contributed by atoms with Gasteiger partial charge < -0.3 is 4.42 Å². The molecule has 0 saturated carbocycles. The summed E-state index contributed by atoms with van der Waals surface area (Å²) in [6.45, 7) is 4.26. The third kappa shape index (κ3) is 1.82. The average molecular weight is 272 g/mol. The molecule has 0 atom stereocenters. The van der Waals surface area contributed by atoms with Crippen LogP contribution in [0.3, 0.4) is 0 Å². The van der Waals surface area contributed by atoms with Crippen molar-refractivity contribution in [2.75, 3.05) is 0 Å². The van der Waals surface area contributed by atoms with Crippen LogP contribution < -0.4 is 0 Å². The normalized spacial score (nSPS) is 11.2. The Morgan fingerprint density at radius 2 is 2.20 bits per heavy atom. The highest BCUT2D eigenvalue weighted by molar-refractivity contribution is 6.09. The lowest BCUT2D eigenvalue weighted by molar-refractivity contribution is 0.100. The van der Waals surface area contributed by atoms with Gasteiger partial charge in [0.2, 0.25) is 5.78 Å². The number of hydrogen-bond donors (Lipinski definition) is 0. The van der Waals surface area contributed by atoms with Crippen molar-refractivity contribution in [3.05, 3.63) is 53.3 Å². The Balaban J connectivity index is 2.15. The molecule has 0 saturated heterocycles. The number of carbonyl (C=O) groups is 1. The second kappa shape index (κ2) is 4.59. The molecule has 2 heterocycles. The largest absolute Gasteiger partial charge is 0.452 e. The lowest BCUT2D eigenvalue weighted by Crippen LogP contribution is -2.10. The van der Waals surface area contributed by atoms with Gasteiger partial charge in [-0.3, -0.25) is 9.48 Å². The van der Waals surface area contributed by atoms with Gasteiger partial charge in [0.15, 0.2) is 5.76 Å². The smallest absolute Gasteiger partial charge is 0.246 e. The summed E-state index contributed by atoms with van der Waals surface area (Å²) in [4.78, 5) is 12.5. The zero-order valence-electron chi connectivity index (χ0n) is 11.2. The van der Waals surface area contributed by atoms with Crippen molar-refractivity contribution in [2.24, 2.45) is 0 Å². The summed E-state index contributed by atoms with van der Waals surface area (Å²) >= 11 is 0. The molecule has 2 aromatic heterocycles. The molecule has 0 bridgehead atoms. The lowest BCUT2D eigenvalue weighted by atomic mass is 10.1. The number of halogens is 1. The molecule has 0 N–H and O–H groups in total. The molecule has 0 spiro atoms. The highest BCUT2D eigenvalue weighted by Gasteiger charge is 2.22. The van der Waals surface area contributed by atoms with Crippen molar-refractivity contribution in [1.29, 1.82) is 0 Å². The number of benzene rings is 1. The maximum atomic E-state index is 13.3. The molecule has 5 heteroatoms. The fourth-order valence-electron chi connectivity index (χ4n) is 2.30. The van der Waals surface area contributed by atoms with Gasteiger partial charge in [-0.2, -0.15) is 5.10 Å². The summed E-state index contributed by atoms with van der Waals surface area (Å²) in [6.07, 6.45) is 1.58. The van der Waals surface area contributed by atoms with Crippen LogP contribution >= 0.6 is 0 Å². The molecule has 0 aliphatic carbocycles. The molecule has 0 aliphatic rings. The second-order valence-corrected chi connectivity index (χ2v) is 4.56. The maximum Gasteiger partial charge on any atom is 0.246 e. The minimum atomic E-state index is -0.348. The predicted molar refractivity (Wildman–Crippen MR) is 72.2 cm³/mol. The fourth-order valence-corrected chi connectivity index (χ4v) is 2.30. The van der Waals surface area contributed by atoms with E-state index in [-0.39, 0.29) is 17.4 Å². The molecule has 0 aliphatic heterocycles. The van der Waals surface area contributed by atoms with E-state index in [0.717, 1.165) is 0 Å². The number of aryl methyl sites for hydroxylation is 2. The van der Waals surface area contributed by atoms with Crippen LogP contribution in [0.15, 0.2) is 34.9 Å². The molecule has 3 aromatic rings. The highest BCUT2D eigenvalue weighted by Crippen LogP contribution is 2.27. The number of fused-ring (bicyclic) bond motifs is 1. The van der Waals surface area contributed by atoms with Crippen molar-refractivity contribution in [3.63, 3.8) is 0 Å². The summed E-state index contributed by atoms with van der Waals surface area (Å²) in [6, 6.07) is 5.88. The molecule has 1 aromatic carbocycles. The van der Waals surface area contributed by atoms with Crippen molar-refractivity contribution in [2.45, 2.75) is 20.4 Å². The SMILES string of the molecule is CCn1nccc1C(=O)c1oc2ccc(F)cc2c1C. The molecule has 0 amide bonds. The van der Waals surface area contributed by atoms with Gasteiger partial charge in [0.05, 0.1) is 0 Å². The second-order valence-electron chi connectivity index (χ2n) is 4.56. The van der Waals surface area contributed by atoms with Crippen LogP contribution in [0, 0.1) is 12.7 Å². The minimum Gasteiger partial charge on any atom is -0.452 e. The first-order valence-electron chi connectivity index (χ1n) is 6.37. The third-order valence-corrected chi connectivity index (χ3v) is 3.35. The van der Waals surface area contributed by atoms with E-state index < -0.39 is 0 Å². The quantitative estimate of drug-likeness (QED) is 0.687. The first-order valence-corrected chi connectivity index (χ1v) is 6.37. The molecule has 102 valence electrons. The van der Waals surface area contributed by atoms with Crippen molar-refractivity contribution < 1.29 is 13.6 Å². The molecular weight excluding hydrogens is 259 g/mol. The number of nitrogens with zero attached hydrogens (tertiary/aromatic N) is 2. The predicted octanol–water partition coefficient (Wildman–Crippen LogP) is 3.33. The van der Waals surface area contributed by atoms with E-state index in [2.05, 4.69) is 5.10 Å². The summed E-state index contributed by atoms with van der Waals surface area (Å²) in [5, 5.41) is 4.69. The monoisotopic (exact) mass is 272 g/mol.